The van der Waals surface area contributed by atoms with Gasteiger partial charge in [0.15, 0.2) is 0 Å². The molecule has 5 nitrogen and oxygen atoms in total. The van der Waals surface area contributed by atoms with E-state index in [0.29, 0.717) is 0 Å². The molecule has 0 bridgehead atoms. The molecule has 0 aromatic heterocycles. The molecule has 0 atom stereocenters. The molecule has 0 aliphatic carbocycles. The second-order valence-corrected chi connectivity index (χ2v) is 3.57. The molecule has 0 aliphatic rings. The van der Waals surface area contributed by atoms with Gasteiger partial charge in [0.1, 0.15) is 0 Å². The maximum atomic E-state index is 9.92. The molecule has 11 heavy (non-hydrogen) atoms. The molecule has 0 radical (unpaired) electrons. The van der Waals surface area contributed by atoms with Crippen LogP contribution < -0.4 is 0 Å². The molecule has 0 heterocycles. The molecule has 0 saturated heterocycles. The lowest BCUT2D eigenvalue weighted by atomic mass is 11.0. The Morgan fingerprint density at radius 1 is 1.00 bits per heavy atom. The van der Waals surface area contributed by atoms with Crippen molar-refractivity contribution in [3.63, 3.8) is 0 Å². The summed E-state index contributed by atoms with van der Waals surface area (Å²) in [5.41, 5.74) is 0. The molecule has 0 amide bonds. The summed E-state index contributed by atoms with van der Waals surface area (Å²) in [6.45, 7) is 0. The average molecular weight is 185 g/mol. The third-order valence-electron chi connectivity index (χ3n) is 0.408. The molecule has 0 aliphatic heterocycles. The van der Waals surface area contributed by atoms with Gasteiger partial charge in [-0.2, -0.15) is 8.42 Å². The minimum absolute atomic E-state index is 1.03. The van der Waals surface area contributed by atoms with E-state index in [-0.39, 0.29) is 0 Å². The van der Waals surface area contributed by atoms with Gasteiger partial charge in [-0.1, -0.05) is 0 Å². The molecule has 0 aromatic carbocycles. The normalized spacial score (nSPS) is 10.7. The SMILES string of the molecule is CN(C)C.COS(=O)(=O)OC. The standard InChI is InChI=1S/C3H9N.C2H6O4S/c1-4(2)3;1-5-7(3,4)6-2/h1-3H3;1-2H3. The molecule has 0 N–H and O–H groups in total. The number of hydrogen-bond acceptors (Lipinski definition) is 5. The molecule has 0 aromatic rings. The van der Waals surface area contributed by atoms with Crippen LogP contribution in [0, 0.1) is 0 Å². The van der Waals surface area contributed by atoms with E-state index in [4.69, 9.17) is 0 Å². The quantitative estimate of drug-likeness (QED) is 0.591. The molecule has 70 valence electrons. The van der Waals surface area contributed by atoms with Gasteiger partial charge in [0.25, 0.3) is 0 Å². The highest BCUT2D eigenvalue weighted by atomic mass is 32.3. The van der Waals surface area contributed by atoms with Gasteiger partial charge < -0.3 is 4.90 Å². The molecule has 0 fully saturated rings. The van der Waals surface area contributed by atoms with Crippen molar-refractivity contribution in [3.8, 4) is 0 Å². The highest BCUT2D eigenvalue weighted by Crippen LogP contribution is 1.85. The minimum Gasteiger partial charge on any atom is -0.312 e. The van der Waals surface area contributed by atoms with E-state index in [1.807, 2.05) is 26.0 Å². The van der Waals surface area contributed by atoms with Crippen molar-refractivity contribution < 1.29 is 16.8 Å². The topological polar surface area (TPSA) is 55.8 Å². The van der Waals surface area contributed by atoms with Crippen molar-refractivity contribution in [2.24, 2.45) is 0 Å². The summed E-state index contributed by atoms with van der Waals surface area (Å²) in [5.74, 6) is 0. The van der Waals surface area contributed by atoms with E-state index in [0.717, 1.165) is 14.2 Å². The fourth-order valence-electron chi connectivity index (χ4n) is 0.0680. The Morgan fingerprint density at radius 3 is 1.18 bits per heavy atom. The van der Waals surface area contributed by atoms with Crippen LogP contribution in [0.5, 0.6) is 0 Å². The molecule has 6 heteroatoms. The molecule has 0 rings (SSSR count). The Kier molecular flexibility index (Phi) is 7.97. The van der Waals surface area contributed by atoms with Crippen molar-refractivity contribution >= 4 is 10.4 Å². The van der Waals surface area contributed by atoms with Crippen LogP contribution in [-0.2, 0) is 18.8 Å². The maximum Gasteiger partial charge on any atom is 0.399 e. The van der Waals surface area contributed by atoms with Crippen LogP contribution in [0.1, 0.15) is 0 Å². The second kappa shape index (κ2) is 6.53. The summed E-state index contributed by atoms with van der Waals surface area (Å²) < 4.78 is 27.5. The predicted octanol–water partition coefficient (Wildman–Crippen LogP) is -0.298. The summed E-state index contributed by atoms with van der Waals surface area (Å²) in [6.07, 6.45) is 0. The average Bonchev–Trinajstić information content (AvgIpc) is 1.87. The Hall–Kier alpha value is -0.170. The summed E-state index contributed by atoms with van der Waals surface area (Å²) in [4.78, 5) is 2.00. The zero-order valence-corrected chi connectivity index (χ0v) is 8.30. The van der Waals surface area contributed by atoms with Crippen molar-refractivity contribution in [1.29, 1.82) is 0 Å². The van der Waals surface area contributed by atoms with Gasteiger partial charge >= 0.3 is 10.4 Å². The van der Waals surface area contributed by atoms with Crippen LogP contribution in [0.3, 0.4) is 0 Å². The predicted molar refractivity (Wildman–Crippen MR) is 42.5 cm³/mol. The van der Waals surface area contributed by atoms with E-state index in [2.05, 4.69) is 8.37 Å². The summed E-state index contributed by atoms with van der Waals surface area (Å²) in [5, 5.41) is 0. The molecular weight excluding hydrogens is 170 g/mol. The van der Waals surface area contributed by atoms with Crippen LogP contribution in [0.25, 0.3) is 0 Å². The number of rotatable bonds is 2. The first-order valence-corrected chi connectivity index (χ1v) is 4.16. The van der Waals surface area contributed by atoms with E-state index in [9.17, 15) is 8.42 Å². The molecule has 0 unspecified atom stereocenters. The molecular formula is C5H15NO4S. The fraction of sp³-hybridized carbons (Fsp3) is 1.00. The Balaban J connectivity index is 0. The largest absolute Gasteiger partial charge is 0.399 e. The first-order chi connectivity index (χ1) is 4.85. The maximum absolute atomic E-state index is 9.92. The Bertz CT molecular complexity index is 151. The third-order valence-corrected chi connectivity index (χ3v) is 1.22. The van der Waals surface area contributed by atoms with Crippen LogP contribution in [0.4, 0.5) is 0 Å². The molecule has 0 spiro atoms. The first kappa shape index (κ1) is 13.4. The van der Waals surface area contributed by atoms with Crippen LogP contribution >= 0.6 is 0 Å². The van der Waals surface area contributed by atoms with Crippen molar-refractivity contribution in [2.75, 3.05) is 35.4 Å². The van der Waals surface area contributed by atoms with Crippen LogP contribution in [0.2, 0.25) is 0 Å². The monoisotopic (exact) mass is 185 g/mol. The third kappa shape index (κ3) is 17.7. The lowest BCUT2D eigenvalue weighted by molar-refractivity contribution is 0.286. The zero-order valence-electron chi connectivity index (χ0n) is 7.49. The van der Waals surface area contributed by atoms with Gasteiger partial charge in [0.05, 0.1) is 14.2 Å². The first-order valence-electron chi connectivity index (χ1n) is 2.82. The van der Waals surface area contributed by atoms with Crippen molar-refractivity contribution in [2.45, 2.75) is 0 Å². The van der Waals surface area contributed by atoms with Crippen molar-refractivity contribution in [1.82, 2.24) is 4.90 Å². The zero-order chi connectivity index (χ0) is 9.49. The lowest BCUT2D eigenvalue weighted by Crippen LogP contribution is -2.02. The highest BCUT2D eigenvalue weighted by molar-refractivity contribution is 7.81. The van der Waals surface area contributed by atoms with Crippen molar-refractivity contribution in [3.05, 3.63) is 0 Å². The summed E-state index contributed by atoms with van der Waals surface area (Å²) in [7, 11) is 4.40. The van der Waals surface area contributed by atoms with Gasteiger partial charge in [-0.3, -0.25) is 8.37 Å². The number of hydrogen-bond donors (Lipinski definition) is 0. The summed E-state index contributed by atoms with van der Waals surface area (Å²) in [6, 6.07) is 0. The minimum atomic E-state index is -3.66. The van der Waals surface area contributed by atoms with Gasteiger partial charge in [-0.05, 0) is 21.1 Å². The molecule has 0 saturated carbocycles. The fourth-order valence-corrected chi connectivity index (χ4v) is 0.204. The van der Waals surface area contributed by atoms with E-state index < -0.39 is 10.4 Å². The van der Waals surface area contributed by atoms with Gasteiger partial charge in [0, 0.05) is 0 Å². The number of nitrogens with zero attached hydrogens (tertiary/aromatic N) is 1. The van der Waals surface area contributed by atoms with E-state index in [1.165, 1.54) is 0 Å². The lowest BCUT2D eigenvalue weighted by Gasteiger charge is -1.91. The highest BCUT2D eigenvalue weighted by Gasteiger charge is 2.01. The summed E-state index contributed by atoms with van der Waals surface area (Å²) >= 11 is 0. The van der Waals surface area contributed by atoms with E-state index >= 15 is 0 Å². The van der Waals surface area contributed by atoms with E-state index in [1.54, 1.807) is 0 Å². The van der Waals surface area contributed by atoms with Gasteiger partial charge in [-0.25, -0.2) is 0 Å². The van der Waals surface area contributed by atoms with Gasteiger partial charge in [0.2, 0.25) is 0 Å². The Morgan fingerprint density at radius 2 is 1.18 bits per heavy atom. The second-order valence-electron chi connectivity index (χ2n) is 2.08. The van der Waals surface area contributed by atoms with Gasteiger partial charge in [-0.15, -0.1) is 0 Å². The van der Waals surface area contributed by atoms with Crippen LogP contribution in [0.15, 0.2) is 0 Å². The smallest absolute Gasteiger partial charge is 0.312 e. The Labute approximate surface area is 68.2 Å². The van der Waals surface area contributed by atoms with Crippen LogP contribution in [-0.4, -0.2) is 48.7 Å².